The van der Waals surface area contributed by atoms with E-state index in [9.17, 15) is 29.4 Å². The standard InChI is InChI=1S/C17H12O7S.2Na/c1-2-3-7-14-8(10(18)5-12(24-14)16(20)21)4-9-11(19)6-13(17(22)23)25-15(7)9;;/h4-6H,2-3H2,1H3,(H,20,21)(H,22,23);;/q;2*+1/p-2. The Morgan fingerprint density at radius 1 is 1.00 bits per heavy atom. The van der Waals surface area contributed by atoms with E-state index in [1.807, 2.05) is 6.92 Å². The van der Waals surface area contributed by atoms with Gasteiger partial charge < -0.3 is 24.2 Å². The number of carboxylic acid groups (broad SMARTS) is 2. The Kier molecular flexibility index (Phi) is 8.43. The first kappa shape index (κ1) is 24.0. The number of carbonyl (C=O) groups is 2. The molecule has 0 aliphatic carbocycles. The molecule has 0 saturated heterocycles. The van der Waals surface area contributed by atoms with Gasteiger partial charge in [-0.15, -0.1) is 11.3 Å². The zero-order valence-corrected chi connectivity index (χ0v) is 19.7. The summed E-state index contributed by atoms with van der Waals surface area (Å²) in [6, 6.07) is 3.04. The molecular weight excluding hydrogens is 394 g/mol. The molecule has 0 amide bonds. The molecular formula is C17H10Na2O7S. The Morgan fingerprint density at radius 2 is 1.63 bits per heavy atom. The van der Waals surface area contributed by atoms with Crippen molar-refractivity contribution in [3.8, 4) is 0 Å². The molecule has 0 saturated carbocycles. The van der Waals surface area contributed by atoms with Gasteiger partial charge in [0.1, 0.15) is 11.6 Å². The van der Waals surface area contributed by atoms with Crippen molar-refractivity contribution in [1.29, 1.82) is 0 Å². The molecule has 0 atom stereocenters. The Bertz CT molecular complexity index is 1080. The topological polar surface area (TPSA) is 128 Å². The van der Waals surface area contributed by atoms with Gasteiger partial charge in [-0.05, 0) is 12.5 Å². The van der Waals surface area contributed by atoms with Gasteiger partial charge >= 0.3 is 59.1 Å². The molecule has 0 aliphatic rings. The van der Waals surface area contributed by atoms with Gasteiger partial charge in [-0.25, -0.2) is 0 Å². The normalized spacial score (nSPS) is 10.3. The van der Waals surface area contributed by atoms with Crippen LogP contribution in [0.25, 0.3) is 21.1 Å². The average molecular weight is 404 g/mol. The number of benzene rings is 1. The van der Waals surface area contributed by atoms with Crippen molar-refractivity contribution in [3.05, 3.63) is 54.8 Å². The minimum atomic E-state index is -1.64. The van der Waals surface area contributed by atoms with E-state index >= 15 is 0 Å². The summed E-state index contributed by atoms with van der Waals surface area (Å²) in [5.41, 5.74) is -0.740. The number of rotatable bonds is 4. The summed E-state index contributed by atoms with van der Waals surface area (Å²) in [5.74, 6) is -3.76. The van der Waals surface area contributed by atoms with E-state index in [-0.39, 0.29) is 80.3 Å². The second kappa shape index (κ2) is 9.47. The van der Waals surface area contributed by atoms with Crippen molar-refractivity contribution < 1.29 is 83.3 Å². The van der Waals surface area contributed by atoms with Gasteiger partial charge in [-0.1, -0.05) is 13.3 Å². The Balaban J connectivity index is 0.00000182. The maximum Gasteiger partial charge on any atom is 1.00 e. The number of carboxylic acids is 2. The molecule has 0 fully saturated rings. The summed E-state index contributed by atoms with van der Waals surface area (Å²) < 4.78 is 5.65. The van der Waals surface area contributed by atoms with Crippen molar-refractivity contribution in [2.24, 2.45) is 0 Å². The molecule has 0 radical (unpaired) electrons. The average Bonchev–Trinajstić information content (AvgIpc) is 2.55. The van der Waals surface area contributed by atoms with E-state index < -0.39 is 28.6 Å². The Morgan fingerprint density at radius 3 is 2.19 bits per heavy atom. The second-order valence-electron chi connectivity index (χ2n) is 5.38. The molecule has 0 bridgehead atoms. The van der Waals surface area contributed by atoms with Gasteiger partial charge in [0.15, 0.2) is 16.6 Å². The van der Waals surface area contributed by atoms with Gasteiger partial charge in [0.2, 0.25) is 0 Å². The zero-order valence-electron chi connectivity index (χ0n) is 14.9. The maximum atomic E-state index is 12.3. The van der Waals surface area contributed by atoms with Crippen LogP contribution in [0.3, 0.4) is 0 Å². The van der Waals surface area contributed by atoms with E-state index in [0.29, 0.717) is 23.1 Å². The number of fused-ring (bicyclic) bond motifs is 2. The number of hydrogen-bond donors (Lipinski definition) is 0. The monoisotopic (exact) mass is 404 g/mol. The van der Waals surface area contributed by atoms with Crippen LogP contribution in [-0.2, 0) is 6.42 Å². The summed E-state index contributed by atoms with van der Waals surface area (Å²) in [7, 11) is 0. The summed E-state index contributed by atoms with van der Waals surface area (Å²) in [4.78, 5) is 46.4. The van der Waals surface area contributed by atoms with Crippen molar-refractivity contribution >= 4 is 44.3 Å². The summed E-state index contributed by atoms with van der Waals surface area (Å²) in [6.45, 7) is 1.84. The van der Waals surface area contributed by atoms with Gasteiger partial charge in [0, 0.05) is 27.8 Å². The molecule has 0 N–H and O–H groups in total. The summed E-state index contributed by atoms with van der Waals surface area (Å²) in [5, 5.41) is 22.4. The molecule has 27 heavy (non-hydrogen) atoms. The van der Waals surface area contributed by atoms with Crippen LogP contribution in [0.5, 0.6) is 0 Å². The third kappa shape index (κ3) is 4.54. The number of aryl methyl sites for hydroxylation is 1. The third-order valence-electron chi connectivity index (χ3n) is 3.71. The molecule has 0 spiro atoms. The van der Waals surface area contributed by atoms with E-state index in [1.165, 1.54) is 6.07 Å². The van der Waals surface area contributed by atoms with Gasteiger partial charge in [0.05, 0.1) is 16.2 Å². The minimum Gasteiger partial charge on any atom is -0.544 e. The van der Waals surface area contributed by atoms with Gasteiger partial charge in [-0.2, -0.15) is 0 Å². The number of carbonyl (C=O) groups excluding carboxylic acids is 2. The summed E-state index contributed by atoms with van der Waals surface area (Å²) in [6.07, 6.45) is 0.962. The van der Waals surface area contributed by atoms with Crippen LogP contribution in [0.1, 0.15) is 39.1 Å². The maximum absolute atomic E-state index is 12.3. The molecule has 2 heterocycles. The first-order valence-corrected chi connectivity index (χ1v) is 8.15. The fraction of sp³-hybridized carbons (Fsp3) is 0.176. The van der Waals surface area contributed by atoms with Crippen molar-refractivity contribution in [3.63, 3.8) is 0 Å². The fourth-order valence-electron chi connectivity index (χ4n) is 2.65. The number of hydrogen-bond acceptors (Lipinski definition) is 8. The van der Waals surface area contributed by atoms with Crippen molar-refractivity contribution in [2.75, 3.05) is 0 Å². The predicted molar refractivity (Wildman–Crippen MR) is 86.8 cm³/mol. The number of aromatic carboxylic acids is 2. The molecule has 2 aromatic heterocycles. The molecule has 3 rings (SSSR count). The van der Waals surface area contributed by atoms with E-state index in [4.69, 9.17) is 4.42 Å². The first-order valence-electron chi connectivity index (χ1n) is 7.33. The van der Waals surface area contributed by atoms with E-state index in [1.54, 1.807) is 0 Å². The SMILES string of the molecule is CCCc1c2oc(C(=O)[O-])cc(=O)c2cc2c(=O)cc(C(=O)[O-])sc12.[Na+].[Na+]. The van der Waals surface area contributed by atoms with Crippen molar-refractivity contribution in [2.45, 2.75) is 19.8 Å². The second-order valence-corrected chi connectivity index (χ2v) is 6.44. The molecule has 10 heteroatoms. The van der Waals surface area contributed by atoms with Crippen molar-refractivity contribution in [1.82, 2.24) is 0 Å². The Hall–Kier alpha value is -1.000. The molecule has 0 unspecified atom stereocenters. The molecule has 3 aromatic rings. The van der Waals surface area contributed by atoms with Gasteiger partial charge in [-0.3, -0.25) is 9.59 Å². The van der Waals surface area contributed by atoms with Crippen LogP contribution in [0.2, 0.25) is 0 Å². The Labute approximate surface area is 200 Å². The quantitative estimate of drug-likeness (QED) is 0.313. The van der Waals surface area contributed by atoms with Crippen LogP contribution < -0.4 is 80.2 Å². The van der Waals surface area contributed by atoms with Gasteiger partial charge in [0.25, 0.3) is 0 Å². The van der Waals surface area contributed by atoms with Crippen LogP contribution in [0, 0.1) is 0 Å². The van der Waals surface area contributed by atoms with E-state index in [2.05, 4.69) is 0 Å². The van der Waals surface area contributed by atoms with Crippen LogP contribution in [-0.4, -0.2) is 11.9 Å². The predicted octanol–water partition coefficient (Wildman–Crippen LogP) is -5.94. The first-order chi connectivity index (χ1) is 11.8. The van der Waals surface area contributed by atoms with E-state index in [0.717, 1.165) is 23.5 Å². The zero-order chi connectivity index (χ0) is 18.3. The van der Waals surface area contributed by atoms with Crippen LogP contribution in [0.4, 0.5) is 0 Å². The van der Waals surface area contributed by atoms with Crippen LogP contribution >= 0.6 is 11.3 Å². The summed E-state index contributed by atoms with van der Waals surface area (Å²) >= 11 is 0.824. The molecule has 7 nitrogen and oxygen atoms in total. The molecule has 0 aliphatic heterocycles. The van der Waals surface area contributed by atoms with Crippen LogP contribution in [0.15, 0.2) is 32.2 Å². The minimum absolute atomic E-state index is 0. The molecule has 1 aromatic carbocycles. The largest absolute Gasteiger partial charge is 1.00 e. The molecule has 128 valence electrons. The fourth-order valence-corrected chi connectivity index (χ4v) is 3.71. The third-order valence-corrected chi connectivity index (χ3v) is 4.88. The smallest absolute Gasteiger partial charge is 0.544 e.